The van der Waals surface area contributed by atoms with Gasteiger partial charge in [-0.1, -0.05) is 6.07 Å². The van der Waals surface area contributed by atoms with E-state index in [2.05, 4.69) is 6.07 Å². The average molecular weight is 354 g/mol. The third kappa shape index (κ3) is 4.11. The van der Waals surface area contributed by atoms with Crippen LogP contribution in [0.1, 0.15) is 18.1 Å². The summed E-state index contributed by atoms with van der Waals surface area (Å²) in [5.74, 6) is 1.23. The van der Waals surface area contributed by atoms with Gasteiger partial charge in [-0.2, -0.15) is 5.26 Å². The van der Waals surface area contributed by atoms with Crippen LogP contribution in [-0.4, -0.2) is 25.7 Å². The Morgan fingerprint density at radius 1 is 1.15 bits per heavy atom. The maximum absolute atomic E-state index is 11.2. The maximum atomic E-state index is 11.2. The van der Waals surface area contributed by atoms with Gasteiger partial charge in [0.1, 0.15) is 0 Å². The molecule has 0 unspecified atom stereocenters. The molecule has 0 radical (unpaired) electrons. The first-order valence-corrected chi connectivity index (χ1v) is 7.79. The molecule has 0 aliphatic heterocycles. The van der Waals surface area contributed by atoms with Crippen molar-refractivity contribution in [1.29, 1.82) is 5.26 Å². The van der Waals surface area contributed by atoms with Crippen LogP contribution in [0.25, 0.3) is 11.6 Å². The van der Waals surface area contributed by atoms with Crippen molar-refractivity contribution < 1.29 is 19.1 Å². The molecule has 0 aliphatic rings. The number of nitro groups is 1. The van der Waals surface area contributed by atoms with Crippen molar-refractivity contribution >= 4 is 17.3 Å². The number of methoxy groups -OCH3 is 2. The van der Waals surface area contributed by atoms with E-state index in [1.807, 2.05) is 0 Å². The Bertz CT molecular complexity index is 884. The molecule has 26 heavy (non-hydrogen) atoms. The van der Waals surface area contributed by atoms with E-state index in [-0.39, 0.29) is 11.4 Å². The zero-order valence-corrected chi connectivity index (χ0v) is 14.7. The molecule has 0 aliphatic carbocycles. The Labute approximate surface area is 151 Å². The summed E-state index contributed by atoms with van der Waals surface area (Å²) in [6, 6.07) is 11.8. The van der Waals surface area contributed by atoms with Gasteiger partial charge in [-0.25, -0.2) is 0 Å². The molecule has 0 atom stereocenters. The number of benzene rings is 2. The molecule has 0 bridgehead atoms. The van der Waals surface area contributed by atoms with E-state index in [1.54, 1.807) is 37.3 Å². The molecule has 2 aromatic rings. The number of hydrogen-bond donors (Lipinski definition) is 0. The number of allylic oxidation sites excluding steroid dienone is 1. The third-order valence-electron chi connectivity index (χ3n) is 3.61. The van der Waals surface area contributed by atoms with E-state index in [0.29, 0.717) is 34.8 Å². The molecule has 2 aromatic carbocycles. The van der Waals surface area contributed by atoms with E-state index in [0.717, 1.165) is 0 Å². The molecule has 134 valence electrons. The fraction of sp³-hybridized carbons (Fsp3) is 0.211. The summed E-state index contributed by atoms with van der Waals surface area (Å²) < 4.78 is 15.7. The van der Waals surface area contributed by atoms with Crippen molar-refractivity contribution in [3.05, 3.63) is 57.6 Å². The molecular weight excluding hydrogens is 336 g/mol. The lowest BCUT2D eigenvalue weighted by Crippen LogP contribution is -1.97. The molecule has 7 nitrogen and oxygen atoms in total. The number of ether oxygens (including phenoxy) is 3. The van der Waals surface area contributed by atoms with Gasteiger partial charge in [0.05, 0.1) is 37.4 Å². The van der Waals surface area contributed by atoms with Crippen LogP contribution in [0.2, 0.25) is 0 Å². The predicted molar refractivity (Wildman–Crippen MR) is 97.3 cm³/mol. The molecule has 0 amide bonds. The van der Waals surface area contributed by atoms with E-state index in [9.17, 15) is 15.4 Å². The first-order chi connectivity index (χ1) is 12.5. The quantitative estimate of drug-likeness (QED) is 0.322. The SMILES string of the molecule is CCOc1ccc(/C=C(\C#N)c2ccc(OC)c(OC)c2)cc1[N+](=O)[O-]. The lowest BCUT2D eigenvalue weighted by Gasteiger charge is -2.09. The van der Waals surface area contributed by atoms with E-state index < -0.39 is 4.92 Å². The summed E-state index contributed by atoms with van der Waals surface area (Å²) in [6.07, 6.45) is 1.57. The van der Waals surface area contributed by atoms with Crippen LogP contribution in [0, 0.1) is 21.4 Å². The second-order valence-electron chi connectivity index (χ2n) is 5.16. The minimum absolute atomic E-state index is 0.148. The van der Waals surface area contributed by atoms with Crippen LogP contribution in [-0.2, 0) is 0 Å². The molecule has 0 saturated heterocycles. The summed E-state index contributed by atoms with van der Waals surface area (Å²) in [5, 5.41) is 20.7. The van der Waals surface area contributed by atoms with E-state index in [4.69, 9.17) is 14.2 Å². The van der Waals surface area contributed by atoms with Gasteiger partial charge < -0.3 is 14.2 Å². The monoisotopic (exact) mass is 354 g/mol. The molecule has 7 heteroatoms. The summed E-state index contributed by atoms with van der Waals surface area (Å²) in [4.78, 5) is 10.7. The molecular formula is C19H18N2O5. The summed E-state index contributed by atoms with van der Waals surface area (Å²) in [7, 11) is 3.03. The van der Waals surface area contributed by atoms with Crippen LogP contribution in [0.15, 0.2) is 36.4 Å². The maximum Gasteiger partial charge on any atom is 0.311 e. The highest BCUT2D eigenvalue weighted by atomic mass is 16.6. The van der Waals surface area contributed by atoms with Gasteiger partial charge in [-0.3, -0.25) is 10.1 Å². The van der Waals surface area contributed by atoms with Gasteiger partial charge in [-0.05, 0) is 48.4 Å². The molecule has 0 fully saturated rings. The zero-order chi connectivity index (χ0) is 19.1. The molecule has 0 spiro atoms. The smallest absolute Gasteiger partial charge is 0.311 e. The van der Waals surface area contributed by atoms with Gasteiger partial charge >= 0.3 is 5.69 Å². The molecule has 0 aromatic heterocycles. The largest absolute Gasteiger partial charge is 0.493 e. The fourth-order valence-electron chi connectivity index (χ4n) is 2.39. The number of nitrogens with zero attached hydrogens (tertiary/aromatic N) is 2. The van der Waals surface area contributed by atoms with Crippen molar-refractivity contribution in [2.24, 2.45) is 0 Å². The summed E-state index contributed by atoms with van der Waals surface area (Å²) in [6.45, 7) is 2.08. The summed E-state index contributed by atoms with van der Waals surface area (Å²) >= 11 is 0. The number of hydrogen-bond acceptors (Lipinski definition) is 6. The predicted octanol–water partition coefficient (Wildman–Crippen LogP) is 4.07. The fourth-order valence-corrected chi connectivity index (χ4v) is 2.39. The van der Waals surface area contributed by atoms with E-state index >= 15 is 0 Å². The van der Waals surface area contributed by atoms with Gasteiger partial charge in [0.15, 0.2) is 17.2 Å². The zero-order valence-electron chi connectivity index (χ0n) is 14.7. The van der Waals surface area contributed by atoms with Crippen molar-refractivity contribution in [2.75, 3.05) is 20.8 Å². The van der Waals surface area contributed by atoms with Crippen LogP contribution >= 0.6 is 0 Å². The summed E-state index contributed by atoms with van der Waals surface area (Å²) in [5.41, 5.74) is 1.32. The van der Waals surface area contributed by atoms with Crippen LogP contribution in [0.3, 0.4) is 0 Å². The van der Waals surface area contributed by atoms with Crippen molar-refractivity contribution in [3.8, 4) is 23.3 Å². The van der Waals surface area contributed by atoms with Crippen molar-refractivity contribution in [1.82, 2.24) is 0 Å². The molecule has 0 saturated carbocycles. The Hall–Kier alpha value is -3.53. The lowest BCUT2D eigenvalue weighted by molar-refractivity contribution is -0.385. The van der Waals surface area contributed by atoms with Gasteiger partial charge in [0, 0.05) is 6.07 Å². The second-order valence-corrected chi connectivity index (χ2v) is 5.16. The first-order valence-electron chi connectivity index (χ1n) is 7.79. The Balaban J connectivity index is 2.48. The average Bonchev–Trinajstić information content (AvgIpc) is 2.66. The highest BCUT2D eigenvalue weighted by Gasteiger charge is 2.16. The van der Waals surface area contributed by atoms with E-state index in [1.165, 1.54) is 26.4 Å². The molecule has 2 rings (SSSR count). The third-order valence-corrected chi connectivity index (χ3v) is 3.61. The Morgan fingerprint density at radius 3 is 2.42 bits per heavy atom. The first kappa shape index (κ1) is 18.8. The van der Waals surface area contributed by atoms with Gasteiger partial charge in [0.25, 0.3) is 0 Å². The van der Waals surface area contributed by atoms with Crippen LogP contribution < -0.4 is 14.2 Å². The van der Waals surface area contributed by atoms with Gasteiger partial charge in [-0.15, -0.1) is 0 Å². The Kier molecular flexibility index (Phi) is 6.17. The normalized spacial score (nSPS) is 10.8. The highest BCUT2D eigenvalue weighted by Crippen LogP contribution is 2.32. The number of rotatable bonds is 7. The van der Waals surface area contributed by atoms with Crippen LogP contribution in [0.4, 0.5) is 5.69 Å². The molecule has 0 heterocycles. The highest BCUT2D eigenvalue weighted by molar-refractivity contribution is 5.90. The van der Waals surface area contributed by atoms with Gasteiger partial charge in [0.2, 0.25) is 0 Å². The van der Waals surface area contributed by atoms with Crippen molar-refractivity contribution in [2.45, 2.75) is 6.92 Å². The minimum Gasteiger partial charge on any atom is -0.493 e. The molecule has 0 N–H and O–H groups in total. The Morgan fingerprint density at radius 2 is 1.85 bits per heavy atom. The standard InChI is InChI=1S/C19H18N2O5/c1-4-26-17-7-5-13(10-16(17)21(22)23)9-15(12-20)14-6-8-18(24-2)19(11-14)25-3/h5-11H,4H2,1-3H3/b15-9+. The van der Waals surface area contributed by atoms with Crippen molar-refractivity contribution in [3.63, 3.8) is 0 Å². The minimum atomic E-state index is -0.509. The topological polar surface area (TPSA) is 94.6 Å². The number of nitro benzene ring substituents is 1. The number of nitriles is 1. The lowest BCUT2D eigenvalue weighted by atomic mass is 10.0. The second kappa shape index (κ2) is 8.53. The van der Waals surface area contributed by atoms with Crippen LogP contribution in [0.5, 0.6) is 17.2 Å².